The number of hydrogen-bond acceptors (Lipinski definition) is 5. The van der Waals surface area contributed by atoms with Crippen molar-refractivity contribution < 1.29 is 18.0 Å². The molecule has 4 heterocycles. The predicted octanol–water partition coefficient (Wildman–Crippen LogP) is 4.89. The van der Waals surface area contributed by atoms with Gasteiger partial charge in [-0.05, 0) is 42.7 Å². The second-order valence-corrected chi connectivity index (χ2v) is 7.87. The molecule has 5 rings (SSSR count). The van der Waals surface area contributed by atoms with Gasteiger partial charge in [-0.25, -0.2) is 0 Å². The van der Waals surface area contributed by atoms with Crippen molar-refractivity contribution >= 4 is 28.2 Å². The number of benzene rings is 1. The van der Waals surface area contributed by atoms with Crippen LogP contribution in [0.4, 0.5) is 24.5 Å². The Balaban J connectivity index is 1.44. The average Bonchev–Trinajstić information content (AvgIpc) is 3.49. The molecule has 1 aromatic carbocycles. The van der Waals surface area contributed by atoms with E-state index >= 15 is 0 Å². The number of fused-ring (bicyclic) bond motifs is 1. The SMILES string of the molecule is O=C(Nc1cncc(C(F)(F)F)c1)c1n[nH]c2ccc(-c3cncc(N4CCCC4)c3)cc12. The lowest BCUT2D eigenvalue weighted by Gasteiger charge is -2.17. The van der Waals surface area contributed by atoms with E-state index < -0.39 is 17.6 Å². The van der Waals surface area contributed by atoms with E-state index in [0.717, 1.165) is 55.0 Å². The number of H-pyrrole nitrogens is 1. The number of rotatable bonds is 4. The van der Waals surface area contributed by atoms with Gasteiger partial charge in [-0.3, -0.25) is 19.9 Å². The van der Waals surface area contributed by atoms with Crippen molar-refractivity contribution in [1.82, 2.24) is 20.2 Å². The minimum atomic E-state index is -4.56. The number of anilines is 2. The maximum atomic E-state index is 12.9. The highest BCUT2D eigenvalue weighted by Gasteiger charge is 2.31. The van der Waals surface area contributed by atoms with Crippen molar-refractivity contribution in [3.05, 3.63) is 66.4 Å². The lowest BCUT2D eigenvalue weighted by Crippen LogP contribution is -2.17. The summed E-state index contributed by atoms with van der Waals surface area (Å²) in [6.45, 7) is 2.00. The largest absolute Gasteiger partial charge is 0.417 e. The number of pyridine rings is 2. The summed E-state index contributed by atoms with van der Waals surface area (Å²) in [5, 5.41) is 9.87. The third-order valence-electron chi connectivity index (χ3n) is 5.63. The first-order chi connectivity index (χ1) is 15.9. The molecule has 1 amide bonds. The number of nitrogens with one attached hydrogen (secondary N) is 2. The molecule has 0 saturated carbocycles. The first-order valence-electron chi connectivity index (χ1n) is 10.4. The van der Waals surface area contributed by atoms with Gasteiger partial charge in [-0.2, -0.15) is 18.3 Å². The Morgan fingerprint density at radius 2 is 1.76 bits per heavy atom. The number of alkyl halides is 3. The molecule has 168 valence electrons. The van der Waals surface area contributed by atoms with Crippen molar-refractivity contribution in [2.45, 2.75) is 19.0 Å². The Labute approximate surface area is 186 Å². The lowest BCUT2D eigenvalue weighted by molar-refractivity contribution is -0.137. The van der Waals surface area contributed by atoms with E-state index in [1.54, 1.807) is 6.20 Å². The number of aromatic amines is 1. The van der Waals surface area contributed by atoms with Crippen molar-refractivity contribution in [3.8, 4) is 11.1 Å². The fourth-order valence-corrected chi connectivity index (χ4v) is 3.95. The van der Waals surface area contributed by atoms with E-state index in [1.807, 2.05) is 24.4 Å². The van der Waals surface area contributed by atoms with Gasteiger partial charge in [0.2, 0.25) is 0 Å². The molecule has 0 aliphatic carbocycles. The molecule has 1 aliphatic rings. The number of aromatic nitrogens is 4. The first-order valence-corrected chi connectivity index (χ1v) is 10.4. The Hall–Kier alpha value is -3.95. The van der Waals surface area contributed by atoms with Gasteiger partial charge < -0.3 is 10.2 Å². The van der Waals surface area contributed by atoms with E-state index in [4.69, 9.17) is 0 Å². The van der Waals surface area contributed by atoms with E-state index in [2.05, 4.69) is 36.4 Å². The molecule has 3 aromatic heterocycles. The normalized spacial score (nSPS) is 14.1. The Bertz CT molecular complexity index is 1330. The molecule has 0 spiro atoms. The number of amides is 1. The van der Waals surface area contributed by atoms with Crippen molar-refractivity contribution in [2.24, 2.45) is 0 Å². The molecule has 1 aliphatic heterocycles. The fraction of sp³-hybridized carbons (Fsp3) is 0.217. The topological polar surface area (TPSA) is 86.8 Å². The number of hydrogen-bond donors (Lipinski definition) is 2. The third kappa shape index (κ3) is 4.23. The van der Waals surface area contributed by atoms with Crippen LogP contribution in [-0.4, -0.2) is 39.2 Å². The van der Waals surface area contributed by atoms with Crippen molar-refractivity contribution in [3.63, 3.8) is 0 Å². The fourth-order valence-electron chi connectivity index (χ4n) is 3.95. The molecule has 1 saturated heterocycles. The number of carbonyl (C=O) groups excluding carboxylic acids is 1. The molecule has 33 heavy (non-hydrogen) atoms. The van der Waals surface area contributed by atoms with Gasteiger partial charge in [0, 0.05) is 36.4 Å². The van der Waals surface area contributed by atoms with Crippen molar-refractivity contribution in [2.75, 3.05) is 23.3 Å². The van der Waals surface area contributed by atoms with Gasteiger partial charge in [0.1, 0.15) is 0 Å². The summed E-state index contributed by atoms with van der Waals surface area (Å²) in [4.78, 5) is 23.0. The van der Waals surface area contributed by atoms with Crippen LogP contribution in [0.3, 0.4) is 0 Å². The molecule has 4 aromatic rings. The summed E-state index contributed by atoms with van der Waals surface area (Å²) in [6.07, 6.45) is 3.22. The zero-order valence-corrected chi connectivity index (χ0v) is 17.4. The third-order valence-corrected chi connectivity index (χ3v) is 5.63. The molecule has 0 atom stereocenters. The maximum absolute atomic E-state index is 12.9. The molecule has 0 bridgehead atoms. The second kappa shape index (κ2) is 8.19. The molecule has 10 heteroatoms. The maximum Gasteiger partial charge on any atom is 0.417 e. The van der Waals surface area contributed by atoms with Gasteiger partial charge in [0.25, 0.3) is 5.91 Å². The van der Waals surface area contributed by atoms with Gasteiger partial charge in [0.05, 0.1) is 34.8 Å². The number of nitrogens with zero attached hydrogens (tertiary/aromatic N) is 4. The zero-order valence-electron chi connectivity index (χ0n) is 17.4. The number of halogens is 3. The second-order valence-electron chi connectivity index (χ2n) is 7.87. The van der Waals surface area contributed by atoms with Crippen LogP contribution in [0.2, 0.25) is 0 Å². The quantitative estimate of drug-likeness (QED) is 0.460. The Kier molecular flexibility index (Phi) is 5.20. The van der Waals surface area contributed by atoms with E-state index in [0.29, 0.717) is 17.1 Å². The van der Waals surface area contributed by atoms with Crippen LogP contribution in [0.5, 0.6) is 0 Å². The highest BCUT2D eigenvalue weighted by Crippen LogP contribution is 2.31. The monoisotopic (exact) mass is 452 g/mol. The zero-order chi connectivity index (χ0) is 23.0. The minimum absolute atomic E-state index is 0.0651. The molecular weight excluding hydrogens is 433 g/mol. The predicted molar refractivity (Wildman–Crippen MR) is 118 cm³/mol. The lowest BCUT2D eigenvalue weighted by atomic mass is 10.0. The molecule has 0 unspecified atom stereocenters. The van der Waals surface area contributed by atoms with Gasteiger partial charge in [0.15, 0.2) is 5.69 Å². The summed E-state index contributed by atoms with van der Waals surface area (Å²) in [6, 6.07) is 8.43. The van der Waals surface area contributed by atoms with E-state index in [1.165, 1.54) is 0 Å². The highest BCUT2D eigenvalue weighted by atomic mass is 19.4. The van der Waals surface area contributed by atoms with Crippen molar-refractivity contribution in [1.29, 1.82) is 0 Å². The summed E-state index contributed by atoms with van der Waals surface area (Å²) in [7, 11) is 0. The van der Waals surface area contributed by atoms with Gasteiger partial charge >= 0.3 is 6.18 Å². The summed E-state index contributed by atoms with van der Waals surface area (Å²) in [5.41, 5.74) is 2.50. The summed E-state index contributed by atoms with van der Waals surface area (Å²) < 4.78 is 38.8. The van der Waals surface area contributed by atoms with Crippen LogP contribution < -0.4 is 10.2 Å². The Morgan fingerprint density at radius 3 is 2.55 bits per heavy atom. The van der Waals surface area contributed by atoms with Crippen LogP contribution in [0.15, 0.2) is 55.1 Å². The molecule has 1 fully saturated rings. The van der Waals surface area contributed by atoms with E-state index in [-0.39, 0.29) is 11.4 Å². The van der Waals surface area contributed by atoms with Crippen LogP contribution in [0, 0.1) is 0 Å². The molecule has 0 radical (unpaired) electrons. The van der Waals surface area contributed by atoms with Gasteiger partial charge in [-0.1, -0.05) is 6.07 Å². The first kappa shape index (κ1) is 20.9. The standard InChI is InChI=1S/C23H19F3N6O/c24-23(25,26)16-9-17(12-28-11-16)29-22(33)21-19-8-14(3-4-20(19)30-31-21)15-7-18(13-27-10-15)32-5-1-2-6-32/h3-4,7-13H,1-2,5-6H2,(H,29,33)(H,30,31). The summed E-state index contributed by atoms with van der Waals surface area (Å²) in [5.74, 6) is -0.636. The van der Waals surface area contributed by atoms with Crippen LogP contribution in [0.1, 0.15) is 28.9 Å². The van der Waals surface area contributed by atoms with E-state index in [9.17, 15) is 18.0 Å². The average molecular weight is 452 g/mol. The van der Waals surface area contributed by atoms with Gasteiger partial charge in [-0.15, -0.1) is 0 Å². The number of carbonyl (C=O) groups is 1. The van der Waals surface area contributed by atoms with Crippen LogP contribution in [-0.2, 0) is 6.18 Å². The van der Waals surface area contributed by atoms with Crippen LogP contribution in [0.25, 0.3) is 22.0 Å². The molecule has 2 N–H and O–H groups in total. The minimum Gasteiger partial charge on any atom is -0.370 e. The molecule has 7 nitrogen and oxygen atoms in total. The Morgan fingerprint density at radius 1 is 0.970 bits per heavy atom. The summed E-state index contributed by atoms with van der Waals surface area (Å²) >= 11 is 0. The molecular formula is C23H19F3N6O. The smallest absolute Gasteiger partial charge is 0.370 e. The van der Waals surface area contributed by atoms with Crippen LogP contribution >= 0.6 is 0 Å². The highest BCUT2D eigenvalue weighted by molar-refractivity contribution is 6.11.